The summed E-state index contributed by atoms with van der Waals surface area (Å²) in [7, 11) is 0. The van der Waals surface area contributed by atoms with Crippen LogP contribution in [0.1, 0.15) is 15.9 Å². The van der Waals surface area contributed by atoms with Crippen molar-refractivity contribution in [3.63, 3.8) is 0 Å². The maximum absolute atomic E-state index is 13.4. The van der Waals surface area contributed by atoms with Gasteiger partial charge in [0.2, 0.25) is 5.91 Å². The van der Waals surface area contributed by atoms with Crippen LogP contribution < -0.4 is 10.6 Å². The first-order valence-electron chi connectivity index (χ1n) is 6.99. The molecule has 138 valence electrons. The van der Waals surface area contributed by atoms with E-state index in [1.165, 1.54) is 6.07 Å². The zero-order valence-electron chi connectivity index (χ0n) is 12.8. The lowest BCUT2D eigenvalue weighted by molar-refractivity contribution is -0.137. The van der Waals surface area contributed by atoms with Gasteiger partial charge in [0.1, 0.15) is 0 Å². The molecule has 4 nitrogen and oxygen atoms in total. The van der Waals surface area contributed by atoms with Gasteiger partial charge in [-0.15, -0.1) is 0 Å². The average molecular weight is 376 g/mol. The van der Waals surface area contributed by atoms with Crippen molar-refractivity contribution in [2.45, 2.75) is 6.18 Å². The second-order valence-electron chi connectivity index (χ2n) is 5.00. The third-order valence-corrected chi connectivity index (χ3v) is 3.20. The summed E-state index contributed by atoms with van der Waals surface area (Å²) < 4.78 is 77.8. The Kier molecular flexibility index (Phi) is 5.53. The molecule has 0 saturated carbocycles. The number of amides is 2. The quantitative estimate of drug-likeness (QED) is 0.634. The number of benzene rings is 2. The molecule has 2 rings (SSSR count). The van der Waals surface area contributed by atoms with Gasteiger partial charge in [-0.25, -0.2) is 13.2 Å². The number of halogens is 6. The molecule has 0 bridgehead atoms. The van der Waals surface area contributed by atoms with E-state index in [2.05, 4.69) is 0 Å². The molecule has 0 spiro atoms. The first-order chi connectivity index (χ1) is 12.1. The molecule has 0 heterocycles. The predicted molar refractivity (Wildman–Crippen MR) is 78.7 cm³/mol. The Balaban J connectivity index is 2.05. The van der Waals surface area contributed by atoms with Crippen molar-refractivity contribution < 1.29 is 35.9 Å². The number of carbonyl (C=O) groups is 2. The number of anilines is 1. The number of hydrogen-bond acceptors (Lipinski definition) is 2. The number of hydrogen-bond donors (Lipinski definition) is 2. The highest BCUT2D eigenvalue weighted by atomic mass is 19.4. The lowest BCUT2D eigenvalue weighted by Gasteiger charge is -2.13. The summed E-state index contributed by atoms with van der Waals surface area (Å²) in [5.74, 6) is -7.14. The number of nitrogens with one attached hydrogen (secondary N) is 2. The van der Waals surface area contributed by atoms with Gasteiger partial charge in [-0.3, -0.25) is 9.59 Å². The van der Waals surface area contributed by atoms with Gasteiger partial charge >= 0.3 is 6.18 Å². The maximum Gasteiger partial charge on any atom is 0.417 e. The minimum absolute atomic E-state index is 0.576. The molecule has 0 aliphatic carbocycles. The zero-order chi connectivity index (χ0) is 19.5. The van der Waals surface area contributed by atoms with Gasteiger partial charge in [0.25, 0.3) is 5.91 Å². The molecular weight excluding hydrogens is 366 g/mol. The van der Waals surface area contributed by atoms with Crippen LogP contribution in [0.3, 0.4) is 0 Å². The monoisotopic (exact) mass is 376 g/mol. The van der Waals surface area contributed by atoms with E-state index in [4.69, 9.17) is 0 Å². The summed E-state index contributed by atoms with van der Waals surface area (Å²) in [5.41, 5.74) is -2.57. The van der Waals surface area contributed by atoms with Gasteiger partial charge < -0.3 is 10.6 Å². The first kappa shape index (κ1) is 19.3. The van der Waals surface area contributed by atoms with Crippen molar-refractivity contribution in [2.24, 2.45) is 0 Å². The van der Waals surface area contributed by atoms with Crippen LogP contribution in [0.5, 0.6) is 0 Å². The molecule has 0 atom stereocenters. The lowest BCUT2D eigenvalue weighted by atomic mass is 10.1. The van der Waals surface area contributed by atoms with Crippen LogP contribution in [0.25, 0.3) is 0 Å². The van der Waals surface area contributed by atoms with Crippen molar-refractivity contribution in [3.05, 3.63) is 65.0 Å². The van der Waals surface area contributed by atoms with Gasteiger partial charge in [-0.1, -0.05) is 12.1 Å². The standard InChI is InChI=1S/C16H10F6N2O2/c17-10-5-6-11(14(19)13(10)18)24-12(25)7-23-15(26)8-3-1-2-4-9(8)16(20,21)22/h1-6H,7H2,(H,23,26)(H,24,25). The fourth-order valence-corrected chi connectivity index (χ4v) is 2.00. The molecule has 0 aromatic heterocycles. The van der Waals surface area contributed by atoms with Crippen LogP contribution in [0.2, 0.25) is 0 Å². The van der Waals surface area contributed by atoms with E-state index in [9.17, 15) is 35.9 Å². The average Bonchev–Trinajstić information content (AvgIpc) is 2.59. The van der Waals surface area contributed by atoms with Gasteiger partial charge in [0.15, 0.2) is 17.5 Å². The Morgan fingerprint density at radius 2 is 1.58 bits per heavy atom. The Hall–Kier alpha value is -3.04. The van der Waals surface area contributed by atoms with Crippen molar-refractivity contribution >= 4 is 17.5 Å². The predicted octanol–water partition coefficient (Wildman–Crippen LogP) is 3.49. The molecule has 0 fully saturated rings. The topological polar surface area (TPSA) is 58.2 Å². The summed E-state index contributed by atoms with van der Waals surface area (Å²) >= 11 is 0. The Labute approximate surface area is 142 Å². The van der Waals surface area contributed by atoms with Crippen molar-refractivity contribution in [2.75, 3.05) is 11.9 Å². The number of rotatable bonds is 4. The highest BCUT2D eigenvalue weighted by Crippen LogP contribution is 2.31. The summed E-state index contributed by atoms with van der Waals surface area (Å²) in [6.07, 6.45) is -4.77. The second kappa shape index (κ2) is 7.46. The fourth-order valence-electron chi connectivity index (χ4n) is 2.00. The Morgan fingerprint density at radius 3 is 2.23 bits per heavy atom. The normalized spacial score (nSPS) is 11.2. The molecule has 0 saturated heterocycles. The molecule has 0 aliphatic rings. The van der Waals surface area contributed by atoms with Crippen molar-refractivity contribution in [1.29, 1.82) is 0 Å². The van der Waals surface area contributed by atoms with Crippen LogP contribution >= 0.6 is 0 Å². The number of carbonyl (C=O) groups excluding carboxylic acids is 2. The van der Waals surface area contributed by atoms with E-state index in [1.54, 1.807) is 0 Å². The van der Waals surface area contributed by atoms with E-state index >= 15 is 0 Å². The van der Waals surface area contributed by atoms with E-state index in [0.717, 1.165) is 18.2 Å². The largest absolute Gasteiger partial charge is 0.417 e. The van der Waals surface area contributed by atoms with Gasteiger partial charge in [0.05, 0.1) is 23.4 Å². The molecular formula is C16H10F6N2O2. The molecule has 2 aromatic rings. The summed E-state index contributed by atoms with van der Waals surface area (Å²) in [6.45, 7) is -0.816. The van der Waals surface area contributed by atoms with E-state index < -0.39 is 58.8 Å². The number of alkyl halides is 3. The SMILES string of the molecule is O=C(CNC(=O)c1ccccc1C(F)(F)F)Nc1ccc(F)c(F)c1F. The fraction of sp³-hybridized carbons (Fsp3) is 0.125. The highest BCUT2D eigenvalue weighted by molar-refractivity contribution is 6.00. The lowest BCUT2D eigenvalue weighted by Crippen LogP contribution is -2.34. The molecule has 0 aliphatic heterocycles. The van der Waals surface area contributed by atoms with Crippen LogP contribution in [-0.2, 0) is 11.0 Å². The van der Waals surface area contributed by atoms with E-state index in [0.29, 0.717) is 12.1 Å². The van der Waals surface area contributed by atoms with Crippen LogP contribution in [0.15, 0.2) is 36.4 Å². The third kappa shape index (κ3) is 4.32. The summed E-state index contributed by atoms with van der Waals surface area (Å²) in [5, 5.41) is 3.81. The summed E-state index contributed by atoms with van der Waals surface area (Å²) in [4.78, 5) is 23.5. The molecule has 26 heavy (non-hydrogen) atoms. The Bertz CT molecular complexity index is 851. The van der Waals surface area contributed by atoms with E-state index in [1.807, 2.05) is 10.6 Å². The molecule has 0 radical (unpaired) electrons. The minimum Gasteiger partial charge on any atom is -0.343 e. The van der Waals surface area contributed by atoms with Gasteiger partial charge in [-0.05, 0) is 24.3 Å². The first-order valence-corrected chi connectivity index (χ1v) is 6.99. The highest BCUT2D eigenvalue weighted by Gasteiger charge is 2.34. The van der Waals surface area contributed by atoms with E-state index in [-0.39, 0.29) is 0 Å². The Morgan fingerprint density at radius 1 is 0.923 bits per heavy atom. The smallest absolute Gasteiger partial charge is 0.343 e. The molecule has 10 heteroatoms. The van der Waals surface area contributed by atoms with Crippen molar-refractivity contribution in [3.8, 4) is 0 Å². The maximum atomic E-state index is 13.4. The third-order valence-electron chi connectivity index (χ3n) is 3.20. The van der Waals surface area contributed by atoms with Crippen LogP contribution in [0.4, 0.5) is 32.0 Å². The molecule has 0 unspecified atom stereocenters. The van der Waals surface area contributed by atoms with Crippen LogP contribution in [0, 0.1) is 17.5 Å². The second-order valence-corrected chi connectivity index (χ2v) is 5.00. The van der Waals surface area contributed by atoms with Gasteiger partial charge in [0, 0.05) is 0 Å². The summed E-state index contributed by atoms with van der Waals surface area (Å²) in [6, 6.07) is 5.26. The molecule has 2 N–H and O–H groups in total. The molecule has 2 aromatic carbocycles. The molecule has 2 amide bonds. The zero-order valence-corrected chi connectivity index (χ0v) is 12.8. The minimum atomic E-state index is -4.77. The van der Waals surface area contributed by atoms with Crippen molar-refractivity contribution in [1.82, 2.24) is 5.32 Å². The van der Waals surface area contributed by atoms with Crippen LogP contribution in [-0.4, -0.2) is 18.4 Å². The van der Waals surface area contributed by atoms with Gasteiger partial charge in [-0.2, -0.15) is 13.2 Å².